The minimum absolute atomic E-state index is 0.112. The molecule has 1 amide bonds. The van der Waals surface area contributed by atoms with Crippen LogP contribution in [0.1, 0.15) is 31.4 Å². The standard InChI is InChI=1S/C23H20F5N3O/c1-11(22(32)30-13-4-2-12(3-5-13)23(26,27)28)21-15-6-14(7-16(15)21)31-10-29-19-8-17(24)18(25)9-20(19)31/h2-5,8-11,14-16,21H,6-7H2,1H3,(H,30,32)/t11?,14?,15-,16+,21?. The van der Waals surface area contributed by atoms with Gasteiger partial charge in [0.15, 0.2) is 11.6 Å². The molecule has 0 aliphatic heterocycles. The summed E-state index contributed by atoms with van der Waals surface area (Å²) in [6.45, 7) is 1.84. The van der Waals surface area contributed by atoms with E-state index in [9.17, 15) is 26.7 Å². The SMILES string of the molecule is CC(C(=O)Nc1ccc(C(F)(F)F)cc1)C1[C@H]2CC(n3cnc4cc(F)c(F)cc43)C[C@@H]12. The van der Waals surface area contributed by atoms with Crippen molar-refractivity contribution >= 4 is 22.6 Å². The average Bonchev–Trinajstić information content (AvgIpc) is 3.05. The molecule has 2 aliphatic carbocycles. The van der Waals surface area contributed by atoms with Crippen molar-refractivity contribution < 1.29 is 26.7 Å². The highest BCUT2D eigenvalue weighted by atomic mass is 19.4. The van der Waals surface area contributed by atoms with Crippen molar-refractivity contribution in [1.82, 2.24) is 9.55 Å². The number of rotatable bonds is 4. The smallest absolute Gasteiger partial charge is 0.327 e. The fourth-order valence-electron chi connectivity index (χ4n) is 5.32. The van der Waals surface area contributed by atoms with Crippen molar-refractivity contribution in [2.45, 2.75) is 32.0 Å². The summed E-state index contributed by atoms with van der Waals surface area (Å²) in [4.78, 5) is 16.8. The molecule has 168 valence electrons. The normalized spacial score (nSPS) is 25.6. The van der Waals surface area contributed by atoms with Gasteiger partial charge in [0.2, 0.25) is 5.91 Å². The first-order valence-corrected chi connectivity index (χ1v) is 10.4. The monoisotopic (exact) mass is 449 g/mol. The van der Waals surface area contributed by atoms with Crippen LogP contribution in [0.25, 0.3) is 11.0 Å². The quantitative estimate of drug-likeness (QED) is 0.512. The summed E-state index contributed by atoms with van der Waals surface area (Å²) in [7, 11) is 0. The Morgan fingerprint density at radius 2 is 1.72 bits per heavy atom. The van der Waals surface area contributed by atoms with Gasteiger partial charge in [-0.1, -0.05) is 6.92 Å². The van der Waals surface area contributed by atoms with Gasteiger partial charge in [-0.05, 0) is 54.9 Å². The zero-order chi connectivity index (χ0) is 22.8. The number of halogens is 5. The number of fused-ring (bicyclic) bond motifs is 2. The number of nitrogens with zero attached hydrogens (tertiary/aromatic N) is 2. The molecule has 2 aromatic carbocycles. The van der Waals surface area contributed by atoms with Gasteiger partial charge < -0.3 is 9.88 Å². The molecular weight excluding hydrogens is 429 g/mol. The number of carbonyl (C=O) groups excluding carboxylic acids is 1. The van der Waals surface area contributed by atoms with Crippen LogP contribution in [0, 0.1) is 35.3 Å². The van der Waals surface area contributed by atoms with Gasteiger partial charge in [-0.3, -0.25) is 4.79 Å². The van der Waals surface area contributed by atoms with Gasteiger partial charge in [0.25, 0.3) is 0 Å². The van der Waals surface area contributed by atoms with Gasteiger partial charge >= 0.3 is 6.18 Å². The molecular formula is C23H20F5N3O. The summed E-state index contributed by atoms with van der Waals surface area (Å²) in [5.41, 5.74) is 0.531. The molecule has 1 heterocycles. The van der Waals surface area contributed by atoms with E-state index >= 15 is 0 Å². The Bertz CT molecular complexity index is 1170. The van der Waals surface area contributed by atoms with Crippen LogP contribution in [0.5, 0.6) is 0 Å². The Kier molecular flexibility index (Phi) is 4.76. The average molecular weight is 449 g/mol. The van der Waals surface area contributed by atoms with Crippen molar-refractivity contribution in [3.63, 3.8) is 0 Å². The van der Waals surface area contributed by atoms with Gasteiger partial charge in [0.05, 0.1) is 22.9 Å². The van der Waals surface area contributed by atoms with Gasteiger partial charge in [-0.15, -0.1) is 0 Å². The van der Waals surface area contributed by atoms with Crippen LogP contribution in [0.2, 0.25) is 0 Å². The zero-order valence-electron chi connectivity index (χ0n) is 17.0. The number of anilines is 1. The van der Waals surface area contributed by atoms with Crippen molar-refractivity contribution in [2.24, 2.45) is 23.7 Å². The third-order valence-corrected chi connectivity index (χ3v) is 6.97. The highest BCUT2D eigenvalue weighted by Gasteiger charge is 2.59. The number of alkyl halides is 3. The summed E-state index contributed by atoms with van der Waals surface area (Å²) in [6, 6.07) is 6.77. The molecule has 5 rings (SSSR count). The number of hydrogen-bond donors (Lipinski definition) is 1. The van der Waals surface area contributed by atoms with Crippen LogP contribution in [0.3, 0.4) is 0 Å². The molecule has 32 heavy (non-hydrogen) atoms. The topological polar surface area (TPSA) is 46.9 Å². The van der Waals surface area contributed by atoms with E-state index in [4.69, 9.17) is 0 Å². The van der Waals surface area contributed by atoms with E-state index in [-0.39, 0.29) is 23.8 Å². The summed E-state index contributed by atoms with van der Waals surface area (Å²) >= 11 is 0. The van der Waals surface area contributed by atoms with Crippen LogP contribution >= 0.6 is 0 Å². The third kappa shape index (κ3) is 3.53. The fraction of sp³-hybridized carbons (Fsp3) is 0.391. The second-order valence-electron chi connectivity index (χ2n) is 8.79. The number of aromatic nitrogens is 2. The maximum atomic E-state index is 13.7. The zero-order valence-corrected chi connectivity index (χ0v) is 17.0. The minimum atomic E-state index is -4.42. The predicted octanol–water partition coefficient (Wildman–Crippen LogP) is 5.81. The van der Waals surface area contributed by atoms with E-state index < -0.39 is 23.4 Å². The first kappa shape index (κ1) is 20.9. The maximum absolute atomic E-state index is 13.7. The summed E-state index contributed by atoms with van der Waals surface area (Å²) in [5, 5.41) is 2.71. The number of hydrogen-bond acceptors (Lipinski definition) is 2. The molecule has 0 spiro atoms. The summed E-state index contributed by atoms with van der Waals surface area (Å²) in [5.74, 6) is -1.44. The van der Waals surface area contributed by atoms with E-state index in [1.54, 1.807) is 6.33 Å². The molecule has 9 heteroatoms. The molecule has 1 aromatic heterocycles. The molecule has 2 saturated carbocycles. The molecule has 3 unspecified atom stereocenters. The van der Waals surface area contributed by atoms with Crippen LogP contribution in [0.4, 0.5) is 27.6 Å². The molecule has 5 atom stereocenters. The molecule has 0 radical (unpaired) electrons. The van der Waals surface area contributed by atoms with Crippen LogP contribution < -0.4 is 5.32 Å². The molecule has 4 nitrogen and oxygen atoms in total. The first-order valence-electron chi connectivity index (χ1n) is 10.4. The van der Waals surface area contributed by atoms with E-state index in [2.05, 4.69) is 10.3 Å². The summed E-state index contributed by atoms with van der Waals surface area (Å²) < 4.78 is 67.1. The number of nitrogens with one attached hydrogen (secondary N) is 1. The largest absolute Gasteiger partial charge is 0.416 e. The highest BCUT2D eigenvalue weighted by molar-refractivity contribution is 5.92. The first-order chi connectivity index (χ1) is 15.1. The molecule has 2 fully saturated rings. The third-order valence-electron chi connectivity index (χ3n) is 6.97. The number of amides is 1. The van der Waals surface area contributed by atoms with E-state index in [1.807, 2.05) is 11.5 Å². The Hall–Kier alpha value is -2.97. The van der Waals surface area contributed by atoms with Gasteiger partial charge in [0.1, 0.15) is 0 Å². The van der Waals surface area contributed by atoms with Crippen molar-refractivity contribution in [2.75, 3.05) is 5.32 Å². The lowest BCUT2D eigenvalue weighted by Gasteiger charge is -2.20. The van der Waals surface area contributed by atoms with Crippen molar-refractivity contribution in [3.05, 3.63) is 59.9 Å². The van der Waals surface area contributed by atoms with E-state index in [0.717, 1.165) is 31.0 Å². The minimum Gasteiger partial charge on any atom is -0.327 e. The lowest BCUT2D eigenvalue weighted by Crippen LogP contribution is -2.24. The van der Waals surface area contributed by atoms with Crippen molar-refractivity contribution in [3.8, 4) is 0 Å². The fourth-order valence-corrected chi connectivity index (χ4v) is 5.32. The van der Waals surface area contributed by atoms with Gasteiger partial charge in [-0.2, -0.15) is 13.2 Å². The second-order valence-corrected chi connectivity index (χ2v) is 8.79. The van der Waals surface area contributed by atoms with Crippen LogP contribution in [0.15, 0.2) is 42.7 Å². The highest BCUT2D eigenvalue weighted by Crippen LogP contribution is 2.64. The Labute approximate surface area is 180 Å². The predicted molar refractivity (Wildman–Crippen MR) is 108 cm³/mol. The number of benzene rings is 2. The van der Waals surface area contributed by atoms with Gasteiger partial charge in [-0.25, -0.2) is 13.8 Å². The summed E-state index contributed by atoms with van der Waals surface area (Å²) in [6.07, 6.45) is -1.18. The molecule has 3 aromatic rings. The van der Waals surface area contributed by atoms with E-state index in [1.165, 1.54) is 18.2 Å². The van der Waals surface area contributed by atoms with Crippen LogP contribution in [-0.4, -0.2) is 15.5 Å². The lowest BCUT2D eigenvalue weighted by molar-refractivity contribution is -0.137. The maximum Gasteiger partial charge on any atom is 0.416 e. The lowest BCUT2D eigenvalue weighted by atomic mass is 9.96. The number of carbonyl (C=O) groups is 1. The van der Waals surface area contributed by atoms with Crippen LogP contribution in [-0.2, 0) is 11.0 Å². The Morgan fingerprint density at radius 1 is 1.09 bits per heavy atom. The molecule has 2 aliphatic rings. The Morgan fingerprint density at radius 3 is 2.34 bits per heavy atom. The Balaban J connectivity index is 1.21. The van der Waals surface area contributed by atoms with Crippen molar-refractivity contribution in [1.29, 1.82) is 0 Å². The van der Waals surface area contributed by atoms with E-state index in [0.29, 0.717) is 28.6 Å². The molecule has 0 bridgehead atoms. The molecule has 1 N–H and O–H groups in total. The van der Waals surface area contributed by atoms with Gasteiger partial charge in [0, 0.05) is 29.8 Å². The molecule has 0 saturated heterocycles. The number of imidazole rings is 1. The second kappa shape index (κ2) is 7.28.